The monoisotopic (exact) mass is 408 g/mol. The number of aromatic nitrogens is 2. The van der Waals surface area contributed by atoms with E-state index < -0.39 is 0 Å². The van der Waals surface area contributed by atoms with Gasteiger partial charge in [-0.3, -0.25) is 19.5 Å². The first-order chi connectivity index (χ1) is 14.4. The van der Waals surface area contributed by atoms with E-state index in [0.717, 1.165) is 18.5 Å². The van der Waals surface area contributed by atoms with Crippen molar-refractivity contribution in [3.8, 4) is 0 Å². The molecule has 4 rings (SSSR count). The van der Waals surface area contributed by atoms with Crippen LogP contribution < -0.4 is 10.7 Å². The molecular formula is C22H24N4O4. The van der Waals surface area contributed by atoms with E-state index in [-0.39, 0.29) is 29.0 Å². The average molecular weight is 408 g/mol. The Bertz CT molecular complexity index is 1150. The maximum absolute atomic E-state index is 13.2. The Labute approximate surface area is 173 Å². The van der Waals surface area contributed by atoms with Gasteiger partial charge in [-0.1, -0.05) is 19.1 Å². The summed E-state index contributed by atoms with van der Waals surface area (Å²) in [6.45, 7) is 4.80. The van der Waals surface area contributed by atoms with Crippen molar-refractivity contribution in [2.45, 2.75) is 32.7 Å². The molecule has 0 unspecified atom stereocenters. The fourth-order valence-corrected chi connectivity index (χ4v) is 3.90. The molecular weight excluding hydrogens is 384 g/mol. The van der Waals surface area contributed by atoms with E-state index in [4.69, 9.17) is 4.42 Å². The molecule has 0 radical (unpaired) electrons. The van der Waals surface area contributed by atoms with Crippen LogP contribution in [0.4, 0.5) is 0 Å². The number of fused-ring (bicyclic) bond motifs is 1. The van der Waals surface area contributed by atoms with Gasteiger partial charge in [0.15, 0.2) is 11.2 Å². The first kappa shape index (κ1) is 19.9. The first-order valence-electron chi connectivity index (χ1n) is 10.1. The number of hydrogen-bond donors (Lipinski definition) is 2. The molecule has 8 heteroatoms. The van der Waals surface area contributed by atoms with Crippen LogP contribution in [-0.4, -0.2) is 46.0 Å². The summed E-state index contributed by atoms with van der Waals surface area (Å²) in [5.74, 6) is -0.179. The summed E-state index contributed by atoms with van der Waals surface area (Å²) in [7, 11) is 0. The van der Waals surface area contributed by atoms with Crippen molar-refractivity contribution in [1.29, 1.82) is 0 Å². The Hall–Kier alpha value is -3.42. The van der Waals surface area contributed by atoms with Crippen molar-refractivity contribution < 1.29 is 14.0 Å². The average Bonchev–Trinajstić information content (AvgIpc) is 3.18. The van der Waals surface area contributed by atoms with Crippen LogP contribution in [0.3, 0.4) is 0 Å². The molecule has 0 spiro atoms. The lowest BCUT2D eigenvalue weighted by atomic mass is 9.92. The highest BCUT2D eigenvalue weighted by atomic mass is 16.3. The number of amides is 2. The fraction of sp³-hybridized carbons (Fsp3) is 0.364. The number of rotatable bonds is 4. The molecule has 2 aromatic heterocycles. The van der Waals surface area contributed by atoms with Gasteiger partial charge < -0.3 is 14.6 Å². The largest absolute Gasteiger partial charge is 0.451 e. The summed E-state index contributed by atoms with van der Waals surface area (Å²) in [6.07, 6.45) is 1.61. The minimum absolute atomic E-state index is 0.0208. The zero-order valence-electron chi connectivity index (χ0n) is 17.0. The molecule has 0 saturated carbocycles. The number of carbonyl (C=O) groups excluding carboxylic acids is 2. The van der Waals surface area contributed by atoms with E-state index >= 15 is 0 Å². The van der Waals surface area contributed by atoms with Crippen molar-refractivity contribution in [3.63, 3.8) is 0 Å². The number of para-hydroxylation sites is 1. The molecule has 1 aliphatic heterocycles. The molecule has 156 valence electrons. The molecule has 1 fully saturated rings. The molecule has 1 aliphatic rings. The van der Waals surface area contributed by atoms with E-state index in [1.807, 2.05) is 6.92 Å². The lowest BCUT2D eigenvalue weighted by Crippen LogP contribution is -2.51. The highest BCUT2D eigenvalue weighted by Gasteiger charge is 2.32. The number of carbonyl (C=O) groups is 2. The number of benzene rings is 1. The van der Waals surface area contributed by atoms with Gasteiger partial charge in [-0.2, -0.15) is 5.10 Å². The van der Waals surface area contributed by atoms with Gasteiger partial charge in [-0.05, 0) is 43.9 Å². The Morgan fingerprint density at radius 3 is 2.87 bits per heavy atom. The normalized spacial score (nSPS) is 19.1. The van der Waals surface area contributed by atoms with Crippen LogP contribution in [0.5, 0.6) is 0 Å². The van der Waals surface area contributed by atoms with E-state index in [9.17, 15) is 14.4 Å². The maximum atomic E-state index is 13.2. The molecule has 8 nitrogen and oxygen atoms in total. The second-order valence-corrected chi connectivity index (χ2v) is 7.90. The lowest BCUT2D eigenvalue weighted by Gasteiger charge is -2.38. The van der Waals surface area contributed by atoms with Crippen molar-refractivity contribution in [1.82, 2.24) is 20.4 Å². The number of aromatic amines is 1. The van der Waals surface area contributed by atoms with E-state index in [0.29, 0.717) is 35.7 Å². The third-order valence-corrected chi connectivity index (χ3v) is 5.52. The number of aryl methyl sites for hydroxylation is 1. The molecule has 0 bridgehead atoms. The van der Waals surface area contributed by atoms with Crippen molar-refractivity contribution in [3.05, 3.63) is 63.8 Å². The summed E-state index contributed by atoms with van der Waals surface area (Å²) in [6, 6.07) is 9.60. The van der Waals surface area contributed by atoms with Crippen LogP contribution in [-0.2, 0) is 0 Å². The molecule has 1 saturated heterocycles. The predicted octanol–water partition coefficient (Wildman–Crippen LogP) is 2.50. The number of hydrogen-bond acceptors (Lipinski definition) is 5. The minimum atomic E-state index is -0.334. The number of H-pyrrole nitrogens is 1. The van der Waals surface area contributed by atoms with Crippen LogP contribution in [0.2, 0.25) is 0 Å². The number of nitrogens with zero attached hydrogens (tertiary/aromatic N) is 2. The van der Waals surface area contributed by atoms with Gasteiger partial charge in [0.1, 0.15) is 11.3 Å². The van der Waals surface area contributed by atoms with E-state index in [2.05, 4.69) is 22.4 Å². The Morgan fingerprint density at radius 2 is 2.10 bits per heavy atom. The number of piperidine rings is 1. The number of nitrogens with one attached hydrogen (secondary N) is 2. The van der Waals surface area contributed by atoms with Gasteiger partial charge in [0.2, 0.25) is 0 Å². The maximum Gasteiger partial charge on any atom is 0.290 e. The van der Waals surface area contributed by atoms with Crippen LogP contribution in [0.1, 0.15) is 46.5 Å². The van der Waals surface area contributed by atoms with Crippen LogP contribution in [0, 0.1) is 12.8 Å². The standard InChI is InChI=1S/C22H24N4O4/c1-13-7-8-26(15(9-13)12-23-21(28)17-10-14(2)24-25-17)22(29)20-11-18(27)16-5-3-4-6-19(16)30-20/h3-6,10-11,13,15H,7-9,12H2,1-2H3,(H,23,28)(H,24,25)/t13-,15+/m1/s1. The van der Waals surface area contributed by atoms with Gasteiger partial charge in [-0.25, -0.2) is 0 Å². The zero-order valence-corrected chi connectivity index (χ0v) is 17.0. The van der Waals surface area contributed by atoms with E-state index in [1.54, 1.807) is 35.2 Å². The SMILES string of the molecule is Cc1cc(C(=O)NC[C@@H]2C[C@H](C)CCN2C(=O)c2cc(=O)c3ccccc3o2)n[nH]1. The first-order valence-corrected chi connectivity index (χ1v) is 10.1. The quantitative estimate of drug-likeness (QED) is 0.690. The van der Waals surface area contributed by atoms with Crippen LogP contribution >= 0.6 is 0 Å². The Morgan fingerprint density at radius 1 is 1.30 bits per heavy atom. The summed E-state index contributed by atoms with van der Waals surface area (Å²) < 4.78 is 5.74. The summed E-state index contributed by atoms with van der Waals surface area (Å²) in [5, 5.41) is 10.0. The fourth-order valence-electron chi connectivity index (χ4n) is 3.90. The van der Waals surface area contributed by atoms with Crippen molar-refractivity contribution in [2.75, 3.05) is 13.1 Å². The molecule has 0 aliphatic carbocycles. The predicted molar refractivity (Wildman–Crippen MR) is 111 cm³/mol. The Balaban J connectivity index is 1.54. The zero-order chi connectivity index (χ0) is 21.3. The van der Waals surface area contributed by atoms with Gasteiger partial charge >= 0.3 is 0 Å². The van der Waals surface area contributed by atoms with Gasteiger partial charge in [0.05, 0.1) is 5.39 Å². The summed E-state index contributed by atoms with van der Waals surface area (Å²) in [4.78, 5) is 39.7. The van der Waals surface area contributed by atoms with Crippen molar-refractivity contribution in [2.24, 2.45) is 5.92 Å². The van der Waals surface area contributed by atoms with Crippen molar-refractivity contribution >= 4 is 22.8 Å². The van der Waals surface area contributed by atoms with Gasteiger partial charge in [-0.15, -0.1) is 0 Å². The molecule has 3 aromatic rings. The smallest absolute Gasteiger partial charge is 0.290 e. The van der Waals surface area contributed by atoms with Gasteiger partial charge in [0.25, 0.3) is 11.8 Å². The summed E-state index contributed by atoms with van der Waals surface area (Å²) >= 11 is 0. The second-order valence-electron chi connectivity index (χ2n) is 7.90. The topological polar surface area (TPSA) is 108 Å². The van der Waals surface area contributed by atoms with Crippen LogP contribution in [0.25, 0.3) is 11.0 Å². The third-order valence-electron chi connectivity index (χ3n) is 5.52. The van der Waals surface area contributed by atoms with Gasteiger partial charge in [0, 0.05) is 30.9 Å². The second kappa shape index (κ2) is 8.14. The molecule has 2 amide bonds. The number of likely N-dealkylation sites (tertiary alicyclic amines) is 1. The third kappa shape index (κ3) is 3.98. The van der Waals surface area contributed by atoms with E-state index in [1.165, 1.54) is 6.07 Å². The van der Waals surface area contributed by atoms with Crippen LogP contribution in [0.15, 0.2) is 45.6 Å². The molecule has 1 aromatic carbocycles. The highest BCUT2D eigenvalue weighted by Crippen LogP contribution is 2.24. The lowest BCUT2D eigenvalue weighted by molar-refractivity contribution is 0.0521. The molecule has 30 heavy (non-hydrogen) atoms. The highest BCUT2D eigenvalue weighted by molar-refractivity contribution is 5.94. The Kier molecular flexibility index (Phi) is 5.39. The molecule has 2 atom stereocenters. The summed E-state index contributed by atoms with van der Waals surface area (Å²) in [5.41, 5.74) is 1.26. The molecule has 2 N–H and O–H groups in total. The molecule has 3 heterocycles. The minimum Gasteiger partial charge on any atom is -0.451 e.